The Balaban J connectivity index is 1.42. The van der Waals surface area contributed by atoms with E-state index in [9.17, 15) is 13.2 Å². The summed E-state index contributed by atoms with van der Waals surface area (Å²) in [6.45, 7) is 0.857. The number of rotatable bonds is 10. The lowest BCUT2D eigenvalue weighted by Gasteiger charge is -2.41. The van der Waals surface area contributed by atoms with E-state index in [2.05, 4.69) is 46.4 Å². The Morgan fingerprint density at radius 2 is 1.66 bits per heavy atom. The van der Waals surface area contributed by atoms with Gasteiger partial charge in [0.1, 0.15) is 5.75 Å². The molecule has 3 N–H and O–H groups in total. The number of hydrogen-bond acceptors (Lipinski definition) is 5. The van der Waals surface area contributed by atoms with Crippen LogP contribution in [0.15, 0.2) is 78.9 Å². The highest BCUT2D eigenvalue weighted by Crippen LogP contribution is 2.40. The van der Waals surface area contributed by atoms with Crippen LogP contribution in [0.5, 0.6) is 5.75 Å². The van der Waals surface area contributed by atoms with E-state index < -0.39 is 21.7 Å². The third-order valence-electron chi connectivity index (χ3n) is 7.50. The van der Waals surface area contributed by atoms with Gasteiger partial charge in [0.2, 0.25) is 0 Å². The van der Waals surface area contributed by atoms with Crippen LogP contribution in [0.4, 0.5) is 4.79 Å². The minimum absolute atomic E-state index is 0.105. The topological polar surface area (TPSA) is 108 Å². The molecule has 0 aliphatic heterocycles. The van der Waals surface area contributed by atoms with Crippen molar-refractivity contribution >= 4 is 16.3 Å². The van der Waals surface area contributed by atoms with Gasteiger partial charge in [0.05, 0.1) is 7.11 Å². The van der Waals surface area contributed by atoms with Crippen LogP contribution in [-0.2, 0) is 22.2 Å². The van der Waals surface area contributed by atoms with Gasteiger partial charge in [0.25, 0.3) is 0 Å². The second kappa shape index (κ2) is 12.0. The van der Waals surface area contributed by atoms with Crippen molar-refractivity contribution in [2.45, 2.75) is 43.7 Å². The summed E-state index contributed by atoms with van der Waals surface area (Å²) in [6, 6.07) is 26.8. The highest BCUT2D eigenvalue weighted by Gasteiger charge is 2.39. The Bertz CT molecular complexity index is 1320. The normalized spacial score (nSPS) is 19.6. The van der Waals surface area contributed by atoms with E-state index in [4.69, 9.17) is 9.84 Å². The van der Waals surface area contributed by atoms with Gasteiger partial charge in [-0.1, -0.05) is 66.7 Å². The van der Waals surface area contributed by atoms with Gasteiger partial charge in [-0.25, -0.2) is 4.79 Å². The van der Waals surface area contributed by atoms with Gasteiger partial charge in [-0.05, 0) is 60.1 Å². The summed E-state index contributed by atoms with van der Waals surface area (Å²) < 4.78 is 33.3. The van der Waals surface area contributed by atoms with Gasteiger partial charge in [-0.2, -0.15) is 17.4 Å². The standard InChI is InChI=1S/C29H35N3O5S/c1-32(28(33)34)38(35,36)31-21-29(25-9-6-10-27(19-25)37-2)17-15-26(16-18-29)30-20-22-11-13-24(14-12-22)23-7-4-3-5-8-23/h3-14,19,26,30-31H,15-18,20-21H2,1-2H3,(H,33,34). The molecule has 1 aliphatic rings. The Kier molecular flexibility index (Phi) is 8.71. The third-order valence-corrected chi connectivity index (χ3v) is 8.89. The molecule has 202 valence electrons. The zero-order valence-corrected chi connectivity index (χ0v) is 22.6. The van der Waals surface area contributed by atoms with Crippen LogP contribution >= 0.6 is 0 Å². The lowest BCUT2D eigenvalue weighted by Crippen LogP contribution is -2.49. The fraction of sp³-hybridized carbons (Fsp3) is 0.345. The molecule has 1 saturated carbocycles. The molecule has 3 aromatic rings. The zero-order chi connectivity index (χ0) is 27.2. The third kappa shape index (κ3) is 6.53. The lowest BCUT2D eigenvalue weighted by molar-refractivity contribution is 0.177. The van der Waals surface area contributed by atoms with Crippen LogP contribution in [0.1, 0.15) is 36.8 Å². The van der Waals surface area contributed by atoms with Crippen molar-refractivity contribution < 1.29 is 23.1 Å². The number of carbonyl (C=O) groups is 1. The molecule has 1 amide bonds. The molecule has 1 fully saturated rings. The molecular weight excluding hydrogens is 502 g/mol. The van der Waals surface area contributed by atoms with Gasteiger partial charge in [-0.15, -0.1) is 0 Å². The van der Waals surface area contributed by atoms with Crippen molar-refractivity contribution in [1.29, 1.82) is 0 Å². The second-order valence-electron chi connectivity index (χ2n) is 9.81. The van der Waals surface area contributed by atoms with E-state index in [0.717, 1.165) is 44.8 Å². The zero-order valence-electron chi connectivity index (χ0n) is 21.8. The van der Waals surface area contributed by atoms with Crippen molar-refractivity contribution in [2.75, 3.05) is 20.7 Å². The first-order valence-electron chi connectivity index (χ1n) is 12.7. The first-order chi connectivity index (χ1) is 18.2. The van der Waals surface area contributed by atoms with E-state index in [0.29, 0.717) is 16.1 Å². The molecule has 38 heavy (non-hydrogen) atoms. The summed E-state index contributed by atoms with van der Waals surface area (Å²) in [5, 5.41) is 12.8. The summed E-state index contributed by atoms with van der Waals surface area (Å²) >= 11 is 0. The molecule has 0 aromatic heterocycles. The number of amides is 1. The summed E-state index contributed by atoms with van der Waals surface area (Å²) in [7, 11) is -1.54. The molecule has 0 saturated heterocycles. The molecule has 0 unspecified atom stereocenters. The Morgan fingerprint density at radius 3 is 2.29 bits per heavy atom. The average molecular weight is 538 g/mol. The van der Waals surface area contributed by atoms with E-state index in [-0.39, 0.29) is 6.54 Å². The van der Waals surface area contributed by atoms with Gasteiger partial charge in [0, 0.05) is 31.6 Å². The van der Waals surface area contributed by atoms with E-state index >= 15 is 0 Å². The fourth-order valence-corrected chi connectivity index (χ4v) is 5.89. The predicted molar refractivity (Wildman–Crippen MR) is 148 cm³/mol. The minimum atomic E-state index is -4.17. The molecule has 9 heteroatoms. The van der Waals surface area contributed by atoms with Crippen LogP contribution < -0.4 is 14.8 Å². The molecule has 0 radical (unpaired) electrons. The maximum absolute atomic E-state index is 12.5. The molecule has 1 aliphatic carbocycles. The largest absolute Gasteiger partial charge is 0.497 e. The molecular formula is C29H35N3O5S. The lowest BCUT2D eigenvalue weighted by atomic mass is 9.68. The average Bonchev–Trinajstić information content (AvgIpc) is 2.96. The SMILES string of the molecule is COc1cccc(C2(CNS(=O)(=O)N(C)C(=O)O)CCC(NCc3ccc(-c4ccccc4)cc3)CC2)c1. The van der Waals surface area contributed by atoms with Gasteiger partial charge < -0.3 is 15.2 Å². The molecule has 0 heterocycles. The second-order valence-corrected chi connectivity index (χ2v) is 11.6. The number of carboxylic acid groups (broad SMARTS) is 1. The molecule has 0 spiro atoms. The number of hydrogen-bond donors (Lipinski definition) is 3. The summed E-state index contributed by atoms with van der Waals surface area (Å²) in [4.78, 5) is 11.2. The Labute approximate surface area is 224 Å². The highest BCUT2D eigenvalue weighted by molar-refractivity contribution is 7.87. The monoisotopic (exact) mass is 537 g/mol. The van der Waals surface area contributed by atoms with Gasteiger partial charge in [0.15, 0.2) is 0 Å². The summed E-state index contributed by atoms with van der Waals surface area (Å²) in [6.07, 6.45) is 1.66. The fourth-order valence-electron chi connectivity index (χ4n) is 5.03. The van der Waals surface area contributed by atoms with Crippen LogP contribution in [0.25, 0.3) is 11.1 Å². The Hall–Kier alpha value is -3.40. The quantitative estimate of drug-likeness (QED) is 0.344. The minimum Gasteiger partial charge on any atom is -0.497 e. The van der Waals surface area contributed by atoms with Crippen molar-refractivity contribution in [3.05, 3.63) is 90.0 Å². The van der Waals surface area contributed by atoms with Crippen molar-refractivity contribution in [3.8, 4) is 16.9 Å². The van der Waals surface area contributed by atoms with Crippen LogP contribution in [0.2, 0.25) is 0 Å². The summed E-state index contributed by atoms with van der Waals surface area (Å²) in [5.41, 5.74) is 4.09. The highest BCUT2D eigenvalue weighted by atomic mass is 32.2. The number of nitrogens with zero attached hydrogens (tertiary/aromatic N) is 1. The van der Waals surface area contributed by atoms with E-state index in [1.54, 1.807) is 7.11 Å². The molecule has 4 rings (SSSR count). The van der Waals surface area contributed by atoms with E-state index in [1.807, 2.05) is 42.5 Å². The number of ether oxygens (including phenoxy) is 1. The van der Waals surface area contributed by atoms with Gasteiger partial charge in [-0.3, -0.25) is 0 Å². The maximum atomic E-state index is 12.5. The molecule has 8 nitrogen and oxygen atoms in total. The Morgan fingerprint density at radius 1 is 1.00 bits per heavy atom. The van der Waals surface area contributed by atoms with Crippen LogP contribution in [0.3, 0.4) is 0 Å². The van der Waals surface area contributed by atoms with Crippen molar-refractivity contribution in [1.82, 2.24) is 14.3 Å². The predicted octanol–water partition coefficient (Wildman–Crippen LogP) is 4.78. The van der Waals surface area contributed by atoms with Crippen molar-refractivity contribution in [2.24, 2.45) is 0 Å². The molecule has 0 atom stereocenters. The number of benzene rings is 3. The number of nitrogens with one attached hydrogen (secondary N) is 2. The number of methoxy groups -OCH3 is 1. The summed E-state index contributed by atoms with van der Waals surface area (Å²) in [5.74, 6) is 0.701. The molecule has 0 bridgehead atoms. The van der Waals surface area contributed by atoms with E-state index in [1.165, 1.54) is 16.7 Å². The van der Waals surface area contributed by atoms with Crippen LogP contribution in [0, 0.1) is 0 Å². The maximum Gasteiger partial charge on any atom is 0.421 e. The first-order valence-corrected chi connectivity index (χ1v) is 14.2. The van der Waals surface area contributed by atoms with Crippen molar-refractivity contribution in [3.63, 3.8) is 0 Å². The molecule has 3 aromatic carbocycles. The first kappa shape index (κ1) is 27.6. The van der Waals surface area contributed by atoms with Gasteiger partial charge >= 0.3 is 16.3 Å². The van der Waals surface area contributed by atoms with Crippen LogP contribution in [-0.4, -0.2) is 50.7 Å². The smallest absolute Gasteiger partial charge is 0.421 e.